The minimum atomic E-state index is -1.08. The van der Waals surface area contributed by atoms with Gasteiger partial charge in [0.25, 0.3) is 0 Å². The molecule has 30 heavy (non-hydrogen) atoms. The fraction of sp³-hybridized carbons (Fsp3) is 0.818. The van der Waals surface area contributed by atoms with E-state index in [0.717, 1.165) is 19.4 Å². The van der Waals surface area contributed by atoms with Gasteiger partial charge < -0.3 is 20.7 Å². The zero-order chi connectivity index (χ0) is 21.7. The van der Waals surface area contributed by atoms with Gasteiger partial charge in [0.15, 0.2) is 0 Å². The predicted octanol–water partition coefficient (Wildman–Crippen LogP) is 2.80. The molecule has 7 unspecified atom stereocenters. The van der Waals surface area contributed by atoms with E-state index in [-0.39, 0.29) is 42.9 Å². The number of ether oxygens (including phenoxy) is 1. The average molecular weight is 444 g/mol. The normalized spacial score (nSPS) is 34.6. The average Bonchev–Trinajstić information content (AvgIpc) is 3.13. The number of halogens is 2. The lowest BCUT2D eigenvalue weighted by Crippen LogP contribution is -2.40. The van der Waals surface area contributed by atoms with Crippen LogP contribution >= 0.6 is 11.6 Å². The number of amides is 2. The third-order valence-electron chi connectivity index (χ3n) is 6.63. The molecule has 7 atom stereocenters. The van der Waals surface area contributed by atoms with Gasteiger partial charge in [-0.2, -0.15) is 0 Å². The van der Waals surface area contributed by atoms with E-state index in [2.05, 4.69) is 22.5 Å². The van der Waals surface area contributed by atoms with Gasteiger partial charge in [-0.05, 0) is 38.5 Å². The van der Waals surface area contributed by atoms with Crippen LogP contribution in [-0.4, -0.2) is 54.7 Å². The van der Waals surface area contributed by atoms with Crippen molar-refractivity contribution >= 4 is 23.4 Å². The minimum Gasteiger partial charge on any atom is -0.368 e. The molecule has 0 aromatic carbocycles. The Labute approximate surface area is 183 Å². The van der Waals surface area contributed by atoms with Crippen LogP contribution in [0.5, 0.6) is 0 Å². The molecule has 2 aliphatic carbocycles. The summed E-state index contributed by atoms with van der Waals surface area (Å²) in [4.78, 5) is 24.8. The SMILES string of the molecule is C=C(CC(C)NC(=O)COC1CCC(Cl)C(F)C1)NC(=O)C1CNC2CCCCC21. The summed E-state index contributed by atoms with van der Waals surface area (Å²) in [5.41, 5.74) is 0.605. The summed E-state index contributed by atoms with van der Waals surface area (Å²) < 4.78 is 19.2. The van der Waals surface area contributed by atoms with Gasteiger partial charge in [0.1, 0.15) is 12.8 Å². The number of nitrogens with one attached hydrogen (secondary N) is 3. The molecule has 8 heteroatoms. The van der Waals surface area contributed by atoms with E-state index < -0.39 is 11.5 Å². The molecule has 1 saturated heterocycles. The first-order valence-electron chi connectivity index (χ1n) is 11.2. The van der Waals surface area contributed by atoms with Gasteiger partial charge >= 0.3 is 0 Å². The molecule has 2 saturated carbocycles. The maximum Gasteiger partial charge on any atom is 0.246 e. The van der Waals surface area contributed by atoms with Crippen molar-refractivity contribution in [2.24, 2.45) is 11.8 Å². The van der Waals surface area contributed by atoms with Crippen LogP contribution in [0.3, 0.4) is 0 Å². The Morgan fingerprint density at radius 2 is 2.03 bits per heavy atom. The van der Waals surface area contributed by atoms with Crippen LogP contribution in [0.15, 0.2) is 12.3 Å². The van der Waals surface area contributed by atoms with Crippen LogP contribution < -0.4 is 16.0 Å². The molecule has 1 aliphatic heterocycles. The van der Waals surface area contributed by atoms with Crippen molar-refractivity contribution in [3.05, 3.63) is 12.3 Å². The van der Waals surface area contributed by atoms with Gasteiger partial charge in [0, 0.05) is 37.2 Å². The smallest absolute Gasteiger partial charge is 0.246 e. The molecule has 2 amide bonds. The second-order valence-corrected chi connectivity index (χ2v) is 9.67. The van der Waals surface area contributed by atoms with Gasteiger partial charge in [0.2, 0.25) is 11.8 Å². The lowest BCUT2D eigenvalue weighted by molar-refractivity contribution is -0.129. The van der Waals surface area contributed by atoms with Gasteiger partial charge in [0.05, 0.1) is 17.4 Å². The van der Waals surface area contributed by atoms with Crippen molar-refractivity contribution < 1.29 is 18.7 Å². The van der Waals surface area contributed by atoms with Gasteiger partial charge in [-0.3, -0.25) is 9.59 Å². The summed E-state index contributed by atoms with van der Waals surface area (Å²) in [7, 11) is 0. The summed E-state index contributed by atoms with van der Waals surface area (Å²) in [5.74, 6) is 0.181. The van der Waals surface area contributed by atoms with E-state index in [0.29, 0.717) is 36.9 Å². The van der Waals surface area contributed by atoms with Crippen LogP contribution in [0.4, 0.5) is 4.39 Å². The number of hydrogen-bond donors (Lipinski definition) is 3. The molecule has 3 N–H and O–H groups in total. The minimum absolute atomic E-state index is 0.00671. The highest BCUT2D eigenvalue weighted by Gasteiger charge is 2.41. The Bertz CT molecular complexity index is 635. The highest BCUT2D eigenvalue weighted by atomic mass is 35.5. The van der Waals surface area contributed by atoms with E-state index in [1.54, 1.807) is 0 Å². The number of fused-ring (bicyclic) bond motifs is 1. The molecule has 0 spiro atoms. The standard InChI is InChI=1S/C22H35ClFN3O3/c1-13(26-21(28)12-30-15-7-8-18(23)19(24)10-15)9-14(2)27-22(29)17-11-25-20-6-4-3-5-16(17)20/h13,15-20,25H,2-12H2,1H3,(H,26,28)(H,27,29). The second kappa shape index (κ2) is 10.9. The maximum absolute atomic E-state index is 13.7. The van der Waals surface area contributed by atoms with E-state index >= 15 is 0 Å². The molecular formula is C22H35ClFN3O3. The number of carbonyl (C=O) groups excluding carboxylic acids is 2. The second-order valence-electron chi connectivity index (χ2n) is 9.11. The number of carbonyl (C=O) groups is 2. The van der Waals surface area contributed by atoms with Crippen molar-refractivity contribution in [3.8, 4) is 0 Å². The third-order valence-corrected chi connectivity index (χ3v) is 7.12. The Morgan fingerprint density at radius 1 is 1.27 bits per heavy atom. The number of rotatable bonds is 8. The van der Waals surface area contributed by atoms with Crippen molar-refractivity contribution in [3.63, 3.8) is 0 Å². The van der Waals surface area contributed by atoms with Crippen LogP contribution in [0.2, 0.25) is 0 Å². The predicted molar refractivity (Wildman–Crippen MR) is 115 cm³/mol. The fourth-order valence-corrected chi connectivity index (χ4v) is 5.28. The summed E-state index contributed by atoms with van der Waals surface area (Å²) in [6.45, 7) is 6.44. The van der Waals surface area contributed by atoms with Crippen molar-refractivity contribution in [2.75, 3.05) is 13.2 Å². The number of alkyl halides is 2. The van der Waals surface area contributed by atoms with Crippen LogP contribution in [0.1, 0.15) is 58.3 Å². The lowest BCUT2D eigenvalue weighted by Gasteiger charge is -2.28. The largest absolute Gasteiger partial charge is 0.368 e. The Hall–Kier alpha value is -1.18. The van der Waals surface area contributed by atoms with Gasteiger partial charge in [-0.1, -0.05) is 19.4 Å². The molecule has 6 nitrogen and oxygen atoms in total. The maximum atomic E-state index is 13.7. The van der Waals surface area contributed by atoms with E-state index in [1.807, 2.05) is 6.92 Å². The monoisotopic (exact) mass is 443 g/mol. The summed E-state index contributed by atoms with van der Waals surface area (Å²) in [6, 6.07) is 0.277. The van der Waals surface area contributed by atoms with Crippen molar-refractivity contribution in [2.45, 2.75) is 88.0 Å². The third kappa shape index (κ3) is 6.41. The first-order valence-corrected chi connectivity index (χ1v) is 11.7. The fourth-order valence-electron chi connectivity index (χ4n) is 5.05. The summed E-state index contributed by atoms with van der Waals surface area (Å²) >= 11 is 5.87. The molecule has 3 aliphatic rings. The Kier molecular flexibility index (Phi) is 8.54. The van der Waals surface area contributed by atoms with Crippen LogP contribution in [0, 0.1) is 11.8 Å². The zero-order valence-corrected chi connectivity index (χ0v) is 18.6. The molecule has 1 heterocycles. The van der Waals surface area contributed by atoms with E-state index in [4.69, 9.17) is 16.3 Å². The Morgan fingerprint density at radius 3 is 2.80 bits per heavy atom. The molecular weight excluding hydrogens is 409 g/mol. The van der Waals surface area contributed by atoms with Crippen molar-refractivity contribution in [1.82, 2.24) is 16.0 Å². The molecule has 0 bridgehead atoms. The summed E-state index contributed by atoms with van der Waals surface area (Å²) in [6.07, 6.45) is 5.24. The quantitative estimate of drug-likeness (QED) is 0.504. The Balaban J connectivity index is 1.34. The first-order chi connectivity index (χ1) is 14.3. The zero-order valence-electron chi connectivity index (χ0n) is 17.8. The van der Waals surface area contributed by atoms with Crippen LogP contribution in [-0.2, 0) is 14.3 Å². The molecule has 0 radical (unpaired) electrons. The topological polar surface area (TPSA) is 79.5 Å². The summed E-state index contributed by atoms with van der Waals surface area (Å²) in [5, 5.41) is 8.82. The van der Waals surface area contributed by atoms with E-state index in [1.165, 1.54) is 12.8 Å². The van der Waals surface area contributed by atoms with Crippen LogP contribution in [0.25, 0.3) is 0 Å². The highest BCUT2D eigenvalue weighted by molar-refractivity contribution is 6.21. The highest BCUT2D eigenvalue weighted by Crippen LogP contribution is 2.34. The van der Waals surface area contributed by atoms with E-state index in [9.17, 15) is 14.0 Å². The van der Waals surface area contributed by atoms with Crippen molar-refractivity contribution in [1.29, 1.82) is 0 Å². The molecule has 0 aromatic rings. The van der Waals surface area contributed by atoms with Gasteiger partial charge in [-0.25, -0.2) is 4.39 Å². The van der Waals surface area contributed by atoms with Gasteiger partial charge in [-0.15, -0.1) is 11.6 Å². The first kappa shape index (κ1) is 23.5. The lowest BCUT2D eigenvalue weighted by atomic mass is 9.79. The molecule has 170 valence electrons. The molecule has 3 rings (SSSR count). The number of hydrogen-bond acceptors (Lipinski definition) is 4. The molecule has 0 aromatic heterocycles. The molecule has 3 fully saturated rings.